The van der Waals surface area contributed by atoms with E-state index in [1.807, 2.05) is 11.9 Å². The van der Waals surface area contributed by atoms with Crippen molar-refractivity contribution in [2.75, 3.05) is 26.7 Å². The van der Waals surface area contributed by atoms with Crippen molar-refractivity contribution in [3.8, 4) is 0 Å². The second-order valence-corrected chi connectivity index (χ2v) is 4.15. The molecule has 4 nitrogen and oxygen atoms in total. The smallest absolute Gasteiger partial charge is 0.320 e. The van der Waals surface area contributed by atoms with Gasteiger partial charge in [-0.2, -0.15) is 0 Å². The van der Waals surface area contributed by atoms with Crippen LogP contribution in [0.3, 0.4) is 0 Å². The van der Waals surface area contributed by atoms with E-state index in [1.165, 1.54) is 12.8 Å². The maximum absolute atomic E-state index is 11.7. The number of rotatable bonds is 2. The number of nitrogens with two attached hydrogens (primary N) is 1. The van der Waals surface area contributed by atoms with E-state index in [0.29, 0.717) is 18.5 Å². The minimum absolute atomic E-state index is 0.187. The van der Waals surface area contributed by atoms with E-state index in [0.717, 1.165) is 13.1 Å². The predicted octanol–water partition coefficient (Wildman–Crippen LogP) is 0.0911. The molecule has 2 N–H and O–H groups in total. The largest absolute Gasteiger partial charge is 0.330 e. The van der Waals surface area contributed by atoms with Gasteiger partial charge in [0, 0.05) is 32.1 Å². The molecular weight excluding hydrogens is 166 g/mol. The van der Waals surface area contributed by atoms with Gasteiger partial charge in [-0.1, -0.05) is 0 Å². The second kappa shape index (κ2) is 3.18. The quantitative estimate of drug-likeness (QED) is 0.659. The zero-order chi connectivity index (χ0) is 9.42. The molecule has 1 saturated heterocycles. The molecule has 4 heteroatoms. The number of nitrogens with zero attached hydrogens (tertiary/aromatic N) is 2. The van der Waals surface area contributed by atoms with Gasteiger partial charge in [-0.05, 0) is 19.4 Å². The highest BCUT2D eigenvalue weighted by atomic mass is 16.2. The lowest BCUT2D eigenvalue weighted by atomic mass is 10.1. The molecule has 13 heavy (non-hydrogen) atoms. The number of urea groups is 1. The van der Waals surface area contributed by atoms with Crippen LogP contribution in [0.4, 0.5) is 4.79 Å². The van der Waals surface area contributed by atoms with Crippen LogP contribution in [-0.2, 0) is 0 Å². The molecule has 1 heterocycles. The average Bonchev–Trinajstić information content (AvgIpc) is 2.92. The Kier molecular flexibility index (Phi) is 2.15. The highest BCUT2D eigenvalue weighted by Crippen LogP contribution is 2.30. The van der Waals surface area contributed by atoms with Crippen LogP contribution in [0.25, 0.3) is 0 Å². The molecule has 1 saturated carbocycles. The van der Waals surface area contributed by atoms with E-state index in [1.54, 1.807) is 4.90 Å². The van der Waals surface area contributed by atoms with Crippen LogP contribution >= 0.6 is 0 Å². The van der Waals surface area contributed by atoms with Gasteiger partial charge in [0.05, 0.1) is 0 Å². The summed E-state index contributed by atoms with van der Waals surface area (Å²) in [6, 6.07) is 0.705. The Labute approximate surface area is 78.7 Å². The Hall–Kier alpha value is -0.770. The molecule has 1 aliphatic heterocycles. The molecular formula is C9H17N3O. The number of carbonyl (C=O) groups is 1. The number of hydrogen-bond donors (Lipinski definition) is 1. The summed E-state index contributed by atoms with van der Waals surface area (Å²) in [5, 5.41) is 0. The van der Waals surface area contributed by atoms with Crippen molar-refractivity contribution in [2.45, 2.75) is 18.9 Å². The summed E-state index contributed by atoms with van der Waals surface area (Å²) in [5.41, 5.74) is 5.63. The summed E-state index contributed by atoms with van der Waals surface area (Å²) in [5.74, 6) is 0.461. The molecule has 0 radical (unpaired) electrons. The molecule has 2 aliphatic rings. The summed E-state index contributed by atoms with van der Waals surface area (Å²) >= 11 is 0. The third-order valence-electron chi connectivity index (χ3n) is 2.88. The van der Waals surface area contributed by atoms with Gasteiger partial charge in [-0.3, -0.25) is 0 Å². The van der Waals surface area contributed by atoms with Crippen molar-refractivity contribution in [3.05, 3.63) is 0 Å². The average molecular weight is 183 g/mol. The number of hydrogen-bond acceptors (Lipinski definition) is 2. The van der Waals surface area contributed by atoms with Gasteiger partial charge in [-0.15, -0.1) is 0 Å². The maximum Gasteiger partial charge on any atom is 0.320 e. The molecule has 0 spiro atoms. The van der Waals surface area contributed by atoms with Crippen molar-refractivity contribution in [1.29, 1.82) is 0 Å². The van der Waals surface area contributed by atoms with Gasteiger partial charge in [0.25, 0.3) is 0 Å². The van der Waals surface area contributed by atoms with Crippen LogP contribution in [0, 0.1) is 5.92 Å². The molecule has 1 atom stereocenters. The normalized spacial score (nSPS) is 29.7. The van der Waals surface area contributed by atoms with Gasteiger partial charge in [0.2, 0.25) is 0 Å². The van der Waals surface area contributed by atoms with E-state index >= 15 is 0 Å². The van der Waals surface area contributed by atoms with Gasteiger partial charge in [0.1, 0.15) is 0 Å². The molecule has 2 fully saturated rings. The Bertz CT molecular complexity index is 215. The number of carbonyl (C=O) groups excluding carboxylic acids is 1. The molecule has 1 aliphatic carbocycles. The van der Waals surface area contributed by atoms with E-state index in [4.69, 9.17) is 5.73 Å². The first-order chi connectivity index (χ1) is 6.22. The van der Waals surface area contributed by atoms with Crippen LogP contribution in [-0.4, -0.2) is 48.6 Å². The SMILES string of the molecule is CN1CC(CN)CN(C2CC2)C1=O. The maximum atomic E-state index is 11.7. The van der Waals surface area contributed by atoms with Crippen LogP contribution in [0.1, 0.15) is 12.8 Å². The van der Waals surface area contributed by atoms with Gasteiger partial charge < -0.3 is 15.5 Å². The standard InChI is InChI=1S/C9H17N3O/c1-11-5-7(4-10)6-12(9(11)13)8-2-3-8/h7-8H,2-6,10H2,1H3. The lowest BCUT2D eigenvalue weighted by Gasteiger charge is -2.38. The highest BCUT2D eigenvalue weighted by Gasteiger charge is 2.38. The third-order valence-corrected chi connectivity index (χ3v) is 2.88. The molecule has 2 amide bonds. The summed E-state index contributed by atoms with van der Waals surface area (Å²) in [6.07, 6.45) is 2.35. The summed E-state index contributed by atoms with van der Waals surface area (Å²) in [7, 11) is 1.86. The fourth-order valence-electron chi connectivity index (χ4n) is 1.94. The van der Waals surface area contributed by atoms with Crippen LogP contribution in [0.15, 0.2) is 0 Å². The van der Waals surface area contributed by atoms with E-state index in [9.17, 15) is 4.79 Å². The predicted molar refractivity (Wildman–Crippen MR) is 50.3 cm³/mol. The van der Waals surface area contributed by atoms with Crippen LogP contribution < -0.4 is 5.73 Å². The lowest BCUT2D eigenvalue weighted by molar-refractivity contribution is 0.114. The minimum Gasteiger partial charge on any atom is -0.330 e. The number of amides is 2. The molecule has 74 valence electrons. The Morgan fingerprint density at radius 1 is 1.46 bits per heavy atom. The van der Waals surface area contributed by atoms with Crippen molar-refractivity contribution in [2.24, 2.45) is 11.7 Å². The van der Waals surface area contributed by atoms with Gasteiger partial charge in [-0.25, -0.2) is 4.79 Å². The van der Waals surface area contributed by atoms with Crippen LogP contribution in [0.5, 0.6) is 0 Å². The summed E-state index contributed by atoms with van der Waals surface area (Å²) in [4.78, 5) is 15.5. The molecule has 0 aromatic heterocycles. The minimum atomic E-state index is 0.187. The van der Waals surface area contributed by atoms with Gasteiger partial charge in [0.15, 0.2) is 0 Å². The first-order valence-electron chi connectivity index (χ1n) is 4.94. The lowest BCUT2D eigenvalue weighted by Crippen LogP contribution is -2.54. The molecule has 1 unspecified atom stereocenters. The molecule has 0 aromatic rings. The highest BCUT2D eigenvalue weighted by molar-refractivity contribution is 5.75. The monoisotopic (exact) mass is 183 g/mol. The summed E-state index contributed by atoms with van der Waals surface area (Å²) < 4.78 is 0. The zero-order valence-electron chi connectivity index (χ0n) is 8.07. The second-order valence-electron chi connectivity index (χ2n) is 4.15. The van der Waals surface area contributed by atoms with E-state index in [2.05, 4.69) is 0 Å². The third kappa shape index (κ3) is 1.63. The van der Waals surface area contributed by atoms with Crippen molar-refractivity contribution < 1.29 is 4.79 Å². The van der Waals surface area contributed by atoms with E-state index < -0.39 is 0 Å². The van der Waals surface area contributed by atoms with Gasteiger partial charge >= 0.3 is 6.03 Å². The molecule has 0 aromatic carbocycles. The van der Waals surface area contributed by atoms with Crippen molar-refractivity contribution in [1.82, 2.24) is 9.80 Å². The summed E-state index contributed by atoms with van der Waals surface area (Å²) in [6.45, 7) is 2.36. The van der Waals surface area contributed by atoms with Crippen molar-refractivity contribution >= 4 is 6.03 Å². The Balaban J connectivity index is 2.02. The van der Waals surface area contributed by atoms with E-state index in [-0.39, 0.29) is 6.03 Å². The Morgan fingerprint density at radius 3 is 2.69 bits per heavy atom. The van der Waals surface area contributed by atoms with Crippen molar-refractivity contribution in [3.63, 3.8) is 0 Å². The zero-order valence-corrected chi connectivity index (χ0v) is 8.07. The fourth-order valence-corrected chi connectivity index (χ4v) is 1.94. The topological polar surface area (TPSA) is 49.6 Å². The Morgan fingerprint density at radius 2 is 2.15 bits per heavy atom. The fraction of sp³-hybridized carbons (Fsp3) is 0.889. The first-order valence-corrected chi connectivity index (χ1v) is 4.94. The molecule has 2 rings (SSSR count). The molecule has 0 bridgehead atoms. The van der Waals surface area contributed by atoms with Crippen LogP contribution in [0.2, 0.25) is 0 Å². The first kappa shape index (κ1) is 8.81.